The number of amides is 1. The van der Waals surface area contributed by atoms with Crippen LogP contribution in [0.1, 0.15) is 26.3 Å². The number of ether oxygens (including phenoxy) is 1. The molecule has 2 heterocycles. The van der Waals surface area contributed by atoms with Gasteiger partial charge in [-0.1, -0.05) is 29.8 Å². The van der Waals surface area contributed by atoms with Gasteiger partial charge in [0.2, 0.25) is 0 Å². The summed E-state index contributed by atoms with van der Waals surface area (Å²) in [6.07, 6.45) is 1.50. The predicted octanol–water partition coefficient (Wildman–Crippen LogP) is 3.68. The van der Waals surface area contributed by atoms with Gasteiger partial charge in [-0.05, 0) is 37.3 Å². The zero-order valence-corrected chi connectivity index (χ0v) is 18.6. The second-order valence-electron chi connectivity index (χ2n) is 7.87. The fourth-order valence-corrected chi connectivity index (χ4v) is 3.89. The lowest BCUT2D eigenvalue weighted by molar-refractivity contribution is 0.0696. The molecule has 8 heteroatoms. The molecule has 0 radical (unpaired) electrons. The maximum Gasteiger partial charge on any atom is 0.339 e. The number of hydrogen-bond donors (Lipinski definition) is 2. The number of aryl methyl sites for hydroxylation is 1. The van der Waals surface area contributed by atoms with Gasteiger partial charge in [0, 0.05) is 31.7 Å². The molecule has 170 valence electrons. The Morgan fingerprint density at radius 1 is 1.00 bits per heavy atom. The first-order chi connectivity index (χ1) is 16.0. The van der Waals surface area contributed by atoms with Gasteiger partial charge in [0.15, 0.2) is 0 Å². The van der Waals surface area contributed by atoms with Gasteiger partial charge in [-0.15, -0.1) is 0 Å². The minimum atomic E-state index is -1.09. The van der Waals surface area contributed by atoms with Crippen molar-refractivity contribution in [3.63, 3.8) is 0 Å². The van der Waals surface area contributed by atoms with Gasteiger partial charge < -0.3 is 25.0 Å². The summed E-state index contributed by atoms with van der Waals surface area (Å²) < 4.78 is 5.46. The lowest BCUT2D eigenvalue weighted by Gasteiger charge is -2.37. The van der Waals surface area contributed by atoms with E-state index in [4.69, 9.17) is 4.74 Å². The van der Waals surface area contributed by atoms with Crippen LogP contribution in [0, 0.1) is 6.92 Å². The molecule has 33 heavy (non-hydrogen) atoms. The molecule has 4 rings (SSSR count). The van der Waals surface area contributed by atoms with Crippen LogP contribution < -0.4 is 19.9 Å². The topological polar surface area (TPSA) is 95.0 Å². The van der Waals surface area contributed by atoms with Gasteiger partial charge in [0.1, 0.15) is 17.1 Å². The van der Waals surface area contributed by atoms with Crippen molar-refractivity contribution >= 4 is 29.1 Å². The summed E-state index contributed by atoms with van der Waals surface area (Å²) in [5.41, 5.74) is 2.96. The maximum atomic E-state index is 12.5. The fraction of sp³-hybridized carbons (Fsp3) is 0.240. The van der Waals surface area contributed by atoms with Gasteiger partial charge in [-0.25, -0.2) is 9.78 Å². The Labute approximate surface area is 192 Å². The molecule has 1 aliphatic rings. The molecule has 0 unspecified atom stereocenters. The number of aromatic carboxylic acids is 1. The molecule has 2 N–H and O–H groups in total. The fourth-order valence-electron chi connectivity index (χ4n) is 3.89. The molecule has 1 aliphatic heterocycles. The highest BCUT2D eigenvalue weighted by molar-refractivity contribution is 6.05. The number of hydrogen-bond acceptors (Lipinski definition) is 6. The Bertz CT molecular complexity index is 1160. The molecule has 0 aliphatic carbocycles. The van der Waals surface area contributed by atoms with Crippen LogP contribution in [0.3, 0.4) is 0 Å². The number of carbonyl (C=O) groups excluding carboxylic acids is 1. The Balaban J connectivity index is 1.49. The molecule has 0 atom stereocenters. The summed E-state index contributed by atoms with van der Waals surface area (Å²) in [6.45, 7) is 4.57. The van der Waals surface area contributed by atoms with E-state index in [0.717, 1.165) is 17.0 Å². The van der Waals surface area contributed by atoms with Gasteiger partial charge >= 0.3 is 5.97 Å². The van der Waals surface area contributed by atoms with E-state index in [1.165, 1.54) is 12.3 Å². The highest BCUT2D eigenvalue weighted by Gasteiger charge is 2.24. The Morgan fingerprint density at radius 3 is 2.33 bits per heavy atom. The number of aromatic nitrogens is 1. The van der Waals surface area contributed by atoms with E-state index in [1.807, 2.05) is 48.2 Å². The minimum Gasteiger partial charge on any atom is -0.495 e. The molecule has 0 spiro atoms. The zero-order chi connectivity index (χ0) is 23.4. The molecule has 2 aromatic carbocycles. The van der Waals surface area contributed by atoms with Crippen molar-refractivity contribution in [2.75, 3.05) is 48.4 Å². The first-order valence-corrected chi connectivity index (χ1v) is 10.7. The average molecular weight is 447 g/mol. The molecule has 3 aromatic rings. The quantitative estimate of drug-likeness (QED) is 0.596. The molecule has 1 saturated heterocycles. The summed E-state index contributed by atoms with van der Waals surface area (Å²) in [5, 5.41) is 12.5. The second kappa shape index (κ2) is 9.60. The summed E-state index contributed by atoms with van der Waals surface area (Å²) in [6, 6.07) is 16.5. The van der Waals surface area contributed by atoms with Gasteiger partial charge in [-0.3, -0.25) is 4.79 Å². The first kappa shape index (κ1) is 22.1. The first-order valence-electron chi connectivity index (χ1n) is 10.7. The van der Waals surface area contributed by atoms with Crippen LogP contribution in [0.25, 0.3) is 0 Å². The molecular weight excluding hydrogens is 420 g/mol. The van der Waals surface area contributed by atoms with E-state index in [-0.39, 0.29) is 11.5 Å². The average Bonchev–Trinajstić information content (AvgIpc) is 2.84. The number of benzene rings is 2. The molecule has 1 aromatic heterocycles. The molecule has 0 saturated carbocycles. The Hall–Kier alpha value is -4.07. The minimum absolute atomic E-state index is 0.0578. The third-order valence-electron chi connectivity index (χ3n) is 5.67. The van der Waals surface area contributed by atoms with E-state index in [2.05, 4.69) is 15.2 Å². The Morgan fingerprint density at radius 2 is 1.67 bits per heavy atom. The van der Waals surface area contributed by atoms with Crippen LogP contribution in [-0.4, -0.2) is 55.3 Å². The number of anilines is 3. The number of methoxy groups -OCH3 is 1. The molecule has 1 fully saturated rings. The molecule has 1 amide bonds. The number of para-hydroxylation sites is 2. The zero-order valence-electron chi connectivity index (χ0n) is 18.6. The highest BCUT2D eigenvalue weighted by Crippen LogP contribution is 2.30. The van der Waals surface area contributed by atoms with Crippen LogP contribution in [0.2, 0.25) is 0 Å². The van der Waals surface area contributed by atoms with Crippen LogP contribution in [0.4, 0.5) is 17.2 Å². The lowest BCUT2D eigenvalue weighted by Crippen LogP contribution is -2.47. The van der Waals surface area contributed by atoms with E-state index in [0.29, 0.717) is 43.2 Å². The van der Waals surface area contributed by atoms with Crippen molar-refractivity contribution in [1.29, 1.82) is 0 Å². The van der Waals surface area contributed by atoms with Crippen molar-refractivity contribution in [1.82, 2.24) is 4.98 Å². The molecule has 0 bridgehead atoms. The third kappa shape index (κ3) is 4.90. The number of nitrogens with one attached hydrogen (secondary N) is 1. The highest BCUT2D eigenvalue weighted by atomic mass is 16.5. The second-order valence-corrected chi connectivity index (χ2v) is 7.87. The number of rotatable bonds is 6. The number of nitrogens with zero attached hydrogens (tertiary/aromatic N) is 3. The molecular formula is C25H26N4O4. The number of piperazine rings is 1. The number of carboxylic acids is 1. The smallest absolute Gasteiger partial charge is 0.339 e. The van der Waals surface area contributed by atoms with E-state index in [9.17, 15) is 14.7 Å². The summed E-state index contributed by atoms with van der Waals surface area (Å²) in [5.74, 6) is -0.193. The number of carboxylic acid groups (broad SMARTS) is 1. The van der Waals surface area contributed by atoms with Crippen LogP contribution >= 0.6 is 0 Å². The van der Waals surface area contributed by atoms with E-state index < -0.39 is 5.97 Å². The van der Waals surface area contributed by atoms with Crippen molar-refractivity contribution in [2.24, 2.45) is 0 Å². The number of pyridine rings is 1. The number of carbonyl (C=O) groups is 2. The van der Waals surface area contributed by atoms with Gasteiger partial charge in [-0.2, -0.15) is 0 Å². The summed E-state index contributed by atoms with van der Waals surface area (Å²) in [7, 11) is 1.65. The maximum absolute atomic E-state index is 12.5. The Kier molecular flexibility index (Phi) is 6.44. The molecule has 8 nitrogen and oxygen atoms in total. The van der Waals surface area contributed by atoms with Gasteiger partial charge in [0.05, 0.1) is 24.7 Å². The van der Waals surface area contributed by atoms with Crippen molar-refractivity contribution < 1.29 is 19.4 Å². The van der Waals surface area contributed by atoms with Gasteiger partial charge in [0.25, 0.3) is 5.91 Å². The normalized spacial score (nSPS) is 13.5. The van der Waals surface area contributed by atoms with Crippen molar-refractivity contribution in [3.05, 3.63) is 77.5 Å². The van der Waals surface area contributed by atoms with Crippen LogP contribution in [0.15, 0.2) is 60.8 Å². The van der Waals surface area contributed by atoms with E-state index in [1.54, 1.807) is 19.2 Å². The SMILES string of the molecule is COc1ccccc1N1CCN(c2ncc(NC(=O)c3ccc(C)cc3)cc2C(=O)O)CC1. The largest absolute Gasteiger partial charge is 0.495 e. The van der Waals surface area contributed by atoms with Crippen molar-refractivity contribution in [3.8, 4) is 5.75 Å². The summed E-state index contributed by atoms with van der Waals surface area (Å²) in [4.78, 5) is 33.1. The predicted molar refractivity (Wildman–Crippen MR) is 128 cm³/mol. The summed E-state index contributed by atoms with van der Waals surface area (Å²) >= 11 is 0. The lowest BCUT2D eigenvalue weighted by atomic mass is 10.1. The van der Waals surface area contributed by atoms with Crippen molar-refractivity contribution in [2.45, 2.75) is 6.92 Å². The van der Waals surface area contributed by atoms with Crippen LogP contribution in [0.5, 0.6) is 5.75 Å². The third-order valence-corrected chi connectivity index (χ3v) is 5.67. The standard InChI is InChI=1S/C25H26N4O4/c1-17-7-9-18(10-8-17)24(30)27-19-15-20(25(31)32)23(26-16-19)29-13-11-28(12-14-29)21-5-3-4-6-22(21)33-2/h3-10,15-16H,11-14H2,1-2H3,(H,27,30)(H,31,32). The van der Waals surface area contributed by atoms with Crippen LogP contribution in [-0.2, 0) is 0 Å². The monoisotopic (exact) mass is 446 g/mol. The van der Waals surface area contributed by atoms with E-state index >= 15 is 0 Å².